The van der Waals surface area contributed by atoms with Crippen LogP contribution in [-0.2, 0) is 6.42 Å². The Morgan fingerprint density at radius 3 is 2.76 bits per heavy atom. The molecule has 21 heavy (non-hydrogen) atoms. The van der Waals surface area contributed by atoms with Crippen molar-refractivity contribution >= 4 is 33.0 Å². The van der Waals surface area contributed by atoms with E-state index in [1.54, 1.807) is 11.3 Å². The monoisotopic (exact) mass is 363 g/mol. The number of hydrogen-bond donors (Lipinski definition) is 1. The van der Waals surface area contributed by atoms with Crippen LogP contribution in [0.15, 0.2) is 44.7 Å². The van der Waals surface area contributed by atoms with Crippen LogP contribution in [0.5, 0.6) is 0 Å². The Bertz CT molecular complexity index is 735. The van der Waals surface area contributed by atoms with Crippen molar-refractivity contribution in [2.24, 2.45) is 0 Å². The van der Waals surface area contributed by atoms with Gasteiger partial charge in [0, 0.05) is 22.0 Å². The van der Waals surface area contributed by atoms with Gasteiger partial charge in [0.15, 0.2) is 0 Å². The second-order valence-electron chi connectivity index (χ2n) is 4.91. The van der Waals surface area contributed by atoms with E-state index >= 15 is 0 Å². The highest BCUT2D eigenvalue weighted by atomic mass is 79.9. The van der Waals surface area contributed by atoms with Gasteiger partial charge in [-0.3, -0.25) is 0 Å². The van der Waals surface area contributed by atoms with E-state index in [0.717, 1.165) is 15.0 Å². The summed E-state index contributed by atoms with van der Waals surface area (Å²) in [6.45, 7) is 2.14. The lowest BCUT2D eigenvalue weighted by Gasteiger charge is -2.08. The molecule has 4 nitrogen and oxygen atoms in total. The van der Waals surface area contributed by atoms with Crippen LogP contribution in [-0.4, -0.2) is 10.1 Å². The van der Waals surface area contributed by atoms with Gasteiger partial charge in [-0.2, -0.15) is 4.98 Å². The molecule has 3 rings (SSSR count). The number of benzene rings is 1. The molecule has 1 unspecified atom stereocenters. The summed E-state index contributed by atoms with van der Waals surface area (Å²) in [5.41, 5.74) is 7.69. The summed E-state index contributed by atoms with van der Waals surface area (Å²) in [7, 11) is 0. The normalized spacial score (nSPS) is 12.5. The van der Waals surface area contributed by atoms with Crippen LogP contribution < -0.4 is 5.73 Å². The third kappa shape index (κ3) is 3.33. The average molecular weight is 364 g/mol. The van der Waals surface area contributed by atoms with Crippen LogP contribution in [0, 0.1) is 0 Å². The number of aromatic nitrogens is 2. The first-order chi connectivity index (χ1) is 10.1. The quantitative estimate of drug-likeness (QED) is 0.693. The van der Waals surface area contributed by atoms with Gasteiger partial charge >= 0.3 is 0 Å². The van der Waals surface area contributed by atoms with E-state index in [1.165, 1.54) is 5.56 Å². The Labute approximate surface area is 135 Å². The number of nitrogens with two attached hydrogens (primary N) is 1. The van der Waals surface area contributed by atoms with Crippen LogP contribution in [0.3, 0.4) is 0 Å². The Balaban J connectivity index is 1.73. The Kier molecular flexibility index (Phi) is 4.07. The van der Waals surface area contributed by atoms with Crippen molar-refractivity contribution < 1.29 is 4.52 Å². The maximum atomic E-state index is 5.71. The fraction of sp³-hybridized carbons (Fsp3) is 0.200. The van der Waals surface area contributed by atoms with Crippen molar-refractivity contribution in [3.63, 3.8) is 0 Å². The summed E-state index contributed by atoms with van der Waals surface area (Å²) in [5.74, 6) is 1.60. The van der Waals surface area contributed by atoms with E-state index in [2.05, 4.69) is 33.0 Å². The van der Waals surface area contributed by atoms with Crippen molar-refractivity contribution in [1.29, 1.82) is 0 Å². The zero-order valence-electron chi connectivity index (χ0n) is 11.4. The van der Waals surface area contributed by atoms with Gasteiger partial charge in [0.2, 0.25) is 11.7 Å². The topological polar surface area (TPSA) is 64.9 Å². The first-order valence-corrected chi connectivity index (χ1v) is 8.21. The second kappa shape index (κ2) is 5.99. The van der Waals surface area contributed by atoms with Crippen molar-refractivity contribution in [1.82, 2.24) is 10.1 Å². The van der Waals surface area contributed by atoms with E-state index < -0.39 is 0 Å². The van der Waals surface area contributed by atoms with Crippen LogP contribution in [0.1, 0.15) is 24.3 Å². The first kappa shape index (κ1) is 14.3. The molecule has 0 amide bonds. The SMILES string of the molecule is CC(Cc1nc(-c2cc(Br)cs2)no1)c1ccc(N)cc1. The lowest BCUT2D eigenvalue weighted by Crippen LogP contribution is -1.99. The van der Waals surface area contributed by atoms with Crippen LogP contribution in [0.4, 0.5) is 5.69 Å². The Hall–Kier alpha value is -1.66. The van der Waals surface area contributed by atoms with Crippen molar-refractivity contribution in [2.45, 2.75) is 19.3 Å². The minimum Gasteiger partial charge on any atom is -0.399 e. The molecule has 0 aliphatic rings. The third-order valence-electron chi connectivity index (χ3n) is 3.24. The molecule has 0 bridgehead atoms. The van der Waals surface area contributed by atoms with Gasteiger partial charge in [-0.1, -0.05) is 24.2 Å². The molecule has 0 saturated carbocycles. The average Bonchev–Trinajstić information content (AvgIpc) is 3.08. The van der Waals surface area contributed by atoms with Gasteiger partial charge in [-0.25, -0.2) is 0 Å². The van der Waals surface area contributed by atoms with E-state index in [0.29, 0.717) is 24.1 Å². The molecule has 0 saturated heterocycles. The molecule has 6 heteroatoms. The Morgan fingerprint density at radius 2 is 2.10 bits per heavy atom. The standard InChI is InChI=1S/C15H14BrN3OS/c1-9(10-2-4-12(17)5-3-10)6-14-18-15(19-20-14)13-7-11(16)8-21-13/h2-5,7-9H,6,17H2,1H3. The zero-order chi connectivity index (χ0) is 14.8. The summed E-state index contributed by atoms with van der Waals surface area (Å²) in [5, 5.41) is 6.05. The number of nitrogens with zero attached hydrogens (tertiary/aromatic N) is 2. The molecule has 2 aromatic heterocycles. The molecule has 3 aromatic rings. The predicted octanol–water partition coefficient (Wildman–Crippen LogP) is 4.49. The van der Waals surface area contributed by atoms with E-state index in [-0.39, 0.29) is 0 Å². The summed E-state index contributed by atoms with van der Waals surface area (Å²) in [4.78, 5) is 5.46. The highest BCUT2D eigenvalue weighted by molar-refractivity contribution is 9.10. The van der Waals surface area contributed by atoms with Crippen LogP contribution in [0.25, 0.3) is 10.7 Å². The summed E-state index contributed by atoms with van der Waals surface area (Å²) in [6.07, 6.45) is 0.712. The van der Waals surface area contributed by atoms with E-state index in [4.69, 9.17) is 10.3 Å². The number of hydrogen-bond acceptors (Lipinski definition) is 5. The van der Waals surface area contributed by atoms with Gasteiger partial charge < -0.3 is 10.3 Å². The number of rotatable bonds is 4. The van der Waals surface area contributed by atoms with Gasteiger partial charge in [-0.15, -0.1) is 11.3 Å². The van der Waals surface area contributed by atoms with Crippen LogP contribution in [0.2, 0.25) is 0 Å². The summed E-state index contributed by atoms with van der Waals surface area (Å²) < 4.78 is 6.38. The van der Waals surface area contributed by atoms with Gasteiger partial charge in [0.05, 0.1) is 4.88 Å². The summed E-state index contributed by atoms with van der Waals surface area (Å²) >= 11 is 5.01. The lowest BCUT2D eigenvalue weighted by atomic mass is 9.98. The van der Waals surface area contributed by atoms with Gasteiger partial charge in [-0.05, 0) is 45.6 Å². The molecule has 1 aromatic carbocycles. The highest BCUT2D eigenvalue weighted by Crippen LogP contribution is 2.28. The van der Waals surface area contributed by atoms with E-state index in [9.17, 15) is 0 Å². The maximum Gasteiger partial charge on any atom is 0.227 e. The molecular formula is C15H14BrN3OS. The minimum atomic E-state index is 0.300. The number of thiophene rings is 1. The van der Waals surface area contributed by atoms with Crippen LogP contribution >= 0.6 is 27.3 Å². The number of halogens is 1. The maximum absolute atomic E-state index is 5.71. The van der Waals surface area contributed by atoms with Crippen molar-refractivity contribution in [3.05, 3.63) is 51.6 Å². The first-order valence-electron chi connectivity index (χ1n) is 6.54. The molecule has 0 aliphatic carbocycles. The largest absolute Gasteiger partial charge is 0.399 e. The fourth-order valence-corrected chi connectivity index (χ4v) is 3.42. The predicted molar refractivity (Wildman–Crippen MR) is 88.3 cm³/mol. The molecule has 0 radical (unpaired) electrons. The number of nitrogen functional groups attached to an aromatic ring is 1. The molecule has 0 spiro atoms. The molecule has 108 valence electrons. The van der Waals surface area contributed by atoms with E-state index in [1.807, 2.05) is 35.7 Å². The van der Waals surface area contributed by atoms with Gasteiger partial charge in [0.1, 0.15) is 0 Å². The molecule has 2 N–H and O–H groups in total. The molecule has 2 heterocycles. The Morgan fingerprint density at radius 1 is 1.33 bits per heavy atom. The lowest BCUT2D eigenvalue weighted by molar-refractivity contribution is 0.372. The zero-order valence-corrected chi connectivity index (χ0v) is 13.8. The van der Waals surface area contributed by atoms with Crippen molar-refractivity contribution in [3.8, 4) is 10.7 Å². The smallest absolute Gasteiger partial charge is 0.227 e. The second-order valence-corrected chi connectivity index (χ2v) is 6.74. The third-order valence-corrected chi connectivity index (χ3v) is 4.93. The molecular weight excluding hydrogens is 350 g/mol. The fourth-order valence-electron chi connectivity index (χ4n) is 2.07. The molecule has 0 aliphatic heterocycles. The van der Waals surface area contributed by atoms with Gasteiger partial charge in [0.25, 0.3) is 0 Å². The minimum absolute atomic E-state index is 0.300. The number of anilines is 1. The molecule has 0 fully saturated rings. The highest BCUT2D eigenvalue weighted by Gasteiger charge is 2.14. The summed E-state index contributed by atoms with van der Waals surface area (Å²) in [6, 6.07) is 9.88. The molecule has 1 atom stereocenters. The van der Waals surface area contributed by atoms with Crippen molar-refractivity contribution in [2.75, 3.05) is 5.73 Å².